The van der Waals surface area contributed by atoms with Crippen LogP contribution in [-0.2, 0) is 17.9 Å². The lowest BCUT2D eigenvalue weighted by atomic mass is 10.1. The van der Waals surface area contributed by atoms with E-state index in [-0.39, 0.29) is 5.69 Å². The molecule has 0 heterocycles. The standard InChI is InChI=1S/C15H15ClN2O3/c1-21-10-12-6-3-2-5-11(12)9-17-15-13(16)7-4-8-14(15)18(19)20/h2-8,17H,9-10H2,1H3. The number of nitrogens with one attached hydrogen (secondary N) is 1. The summed E-state index contributed by atoms with van der Waals surface area (Å²) >= 11 is 6.05. The average molecular weight is 307 g/mol. The molecule has 0 aliphatic rings. The summed E-state index contributed by atoms with van der Waals surface area (Å²) < 4.78 is 5.14. The van der Waals surface area contributed by atoms with Gasteiger partial charge >= 0.3 is 0 Å². The predicted octanol–water partition coefficient (Wildman–Crippen LogP) is 4.01. The second kappa shape index (κ2) is 7.06. The van der Waals surface area contributed by atoms with E-state index in [9.17, 15) is 10.1 Å². The van der Waals surface area contributed by atoms with Crippen molar-refractivity contribution >= 4 is 23.0 Å². The fourth-order valence-electron chi connectivity index (χ4n) is 2.05. The number of nitrogens with zero attached hydrogens (tertiary/aromatic N) is 1. The third kappa shape index (κ3) is 3.71. The molecule has 0 spiro atoms. The summed E-state index contributed by atoms with van der Waals surface area (Å²) in [6.45, 7) is 0.923. The maximum atomic E-state index is 11.0. The van der Waals surface area contributed by atoms with Crippen molar-refractivity contribution in [3.05, 3.63) is 68.7 Å². The molecule has 0 saturated heterocycles. The molecular weight excluding hydrogens is 292 g/mol. The molecule has 5 nitrogen and oxygen atoms in total. The number of ether oxygens (including phenoxy) is 1. The van der Waals surface area contributed by atoms with Crippen LogP contribution in [0.2, 0.25) is 5.02 Å². The van der Waals surface area contributed by atoms with Gasteiger partial charge in [0.2, 0.25) is 0 Å². The fraction of sp³-hybridized carbons (Fsp3) is 0.200. The van der Waals surface area contributed by atoms with E-state index in [1.165, 1.54) is 6.07 Å². The van der Waals surface area contributed by atoms with Crippen molar-refractivity contribution in [1.29, 1.82) is 0 Å². The number of benzene rings is 2. The summed E-state index contributed by atoms with van der Waals surface area (Å²) in [5.41, 5.74) is 2.33. The number of rotatable bonds is 6. The Labute approximate surface area is 127 Å². The topological polar surface area (TPSA) is 64.4 Å². The lowest BCUT2D eigenvalue weighted by molar-refractivity contribution is -0.383. The minimum atomic E-state index is -0.449. The monoisotopic (exact) mass is 306 g/mol. The highest BCUT2D eigenvalue weighted by Gasteiger charge is 2.16. The van der Waals surface area contributed by atoms with Gasteiger partial charge in [0, 0.05) is 19.7 Å². The average Bonchev–Trinajstić information content (AvgIpc) is 2.47. The molecule has 0 saturated carbocycles. The molecule has 2 aromatic carbocycles. The van der Waals surface area contributed by atoms with E-state index in [4.69, 9.17) is 16.3 Å². The Kier molecular flexibility index (Phi) is 5.14. The Morgan fingerprint density at radius 1 is 1.19 bits per heavy atom. The number of nitro groups is 1. The molecule has 0 radical (unpaired) electrons. The summed E-state index contributed by atoms with van der Waals surface area (Å²) in [5.74, 6) is 0. The summed E-state index contributed by atoms with van der Waals surface area (Å²) in [4.78, 5) is 10.6. The Balaban J connectivity index is 2.23. The first-order chi connectivity index (χ1) is 10.1. The smallest absolute Gasteiger partial charge is 0.293 e. The molecule has 0 bridgehead atoms. The summed E-state index contributed by atoms with van der Waals surface area (Å²) in [5, 5.41) is 14.4. The van der Waals surface area contributed by atoms with Crippen LogP contribution in [0.3, 0.4) is 0 Å². The van der Waals surface area contributed by atoms with Crippen molar-refractivity contribution in [3.8, 4) is 0 Å². The largest absolute Gasteiger partial charge is 0.380 e. The highest BCUT2D eigenvalue weighted by atomic mass is 35.5. The minimum Gasteiger partial charge on any atom is -0.380 e. The molecule has 0 atom stereocenters. The number of hydrogen-bond donors (Lipinski definition) is 1. The van der Waals surface area contributed by atoms with Crippen molar-refractivity contribution in [2.75, 3.05) is 12.4 Å². The van der Waals surface area contributed by atoms with Crippen LogP contribution in [0.1, 0.15) is 11.1 Å². The Hall–Kier alpha value is -2.11. The second-order valence-corrected chi connectivity index (χ2v) is 4.85. The highest BCUT2D eigenvalue weighted by molar-refractivity contribution is 6.33. The van der Waals surface area contributed by atoms with E-state index in [2.05, 4.69) is 5.32 Å². The van der Waals surface area contributed by atoms with Crippen molar-refractivity contribution in [2.24, 2.45) is 0 Å². The van der Waals surface area contributed by atoms with E-state index < -0.39 is 4.92 Å². The summed E-state index contributed by atoms with van der Waals surface area (Å²) in [7, 11) is 1.63. The lowest BCUT2D eigenvalue weighted by Gasteiger charge is -2.12. The first kappa shape index (κ1) is 15.3. The third-order valence-electron chi connectivity index (χ3n) is 3.06. The van der Waals surface area contributed by atoms with Crippen LogP contribution in [0.5, 0.6) is 0 Å². The zero-order chi connectivity index (χ0) is 15.2. The van der Waals surface area contributed by atoms with Crippen LogP contribution >= 0.6 is 11.6 Å². The SMILES string of the molecule is COCc1ccccc1CNc1c(Cl)cccc1[N+](=O)[O-]. The second-order valence-electron chi connectivity index (χ2n) is 4.45. The van der Waals surface area contributed by atoms with Crippen molar-refractivity contribution in [3.63, 3.8) is 0 Å². The molecule has 0 aromatic heterocycles. The fourth-order valence-corrected chi connectivity index (χ4v) is 2.29. The molecule has 21 heavy (non-hydrogen) atoms. The summed E-state index contributed by atoms with van der Waals surface area (Å²) in [6.07, 6.45) is 0. The summed E-state index contributed by atoms with van der Waals surface area (Å²) in [6, 6.07) is 12.4. The van der Waals surface area contributed by atoms with Crippen molar-refractivity contribution in [2.45, 2.75) is 13.2 Å². The van der Waals surface area contributed by atoms with Crippen molar-refractivity contribution < 1.29 is 9.66 Å². The van der Waals surface area contributed by atoms with Crippen LogP contribution in [0.25, 0.3) is 0 Å². The highest BCUT2D eigenvalue weighted by Crippen LogP contribution is 2.32. The Morgan fingerprint density at radius 3 is 2.57 bits per heavy atom. The first-order valence-electron chi connectivity index (χ1n) is 6.36. The van der Waals surface area contributed by atoms with E-state index in [0.717, 1.165) is 11.1 Å². The van der Waals surface area contributed by atoms with Gasteiger partial charge in [0.05, 0.1) is 16.6 Å². The molecule has 2 rings (SSSR count). The number of hydrogen-bond acceptors (Lipinski definition) is 4. The van der Waals surface area contributed by atoms with Gasteiger partial charge in [0.15, 0.2) is 0 Å². The van der Waals surface area contributed by atoms with Crippen LogP contribution < -0.4 is 5.32 Å². The van der Waals surface area contributed by atoms with E-state index in [0.29, 0.717) is 23.9 Å². The van der Waals surface area contributed by atoms with E-state index in [1.807, 2.05) is 24.3 Å². The van der Waals surface area contributed by atoms with Crippen LogP contribution in [0.4, 0.5) is 11.4 Å². The van der Waals surface area contributed by atoms with Crippen LogP contribution in [0.15, 0.2) is 42.5 Å². The molecule has 0 unspecified atom stereocenters. The molecule has 110 valence electrons. The lowest BCUT2D eigenvalue weighted by Crippen LogP contribution is -2.06. The Morgan fingerprint density at radius 2 is 1.90 bits per heavy atom. The van der Waals surface area contributed by atoms with E-state index >= 15 is 0 Å². The molecule has 6 heteroatoms. The molecule has 0 aliphatic heterocycles. The molecule has 1 N–H and O–H groups in total. The maximum Gasteiger partial charge on any atom is 0.293 e. The van der Waals surface area contributed by atoms with Gasteiger partial charge in [-0.05, 0) is 17.2 Å². The number of nitro benzene ring substituents is 1. The number of halogens is 1. The molecular formula is C15H15ClN2O3. The first-order valence-corrected chi connectivity index (χ1v) is 6.73. The molecule has 0 fully saturated rings. The van der Waals surface area contributed by atoms with Gasteiger partial charge in [-0.3, -0.25) is 10.1 Å². The molecule has 0 aliphatic carbocycles. The maximum absolute atomic E-state index is 11.0. The zero-order valence-electron chi connectivity index (χ0n) is 11.5. The van der Waals surface area contributed by atoms with Gasteiger partial charge < -0.3 is 10.1 Å². The van der Waals surface area contributed by atoms with Gasteiger partial charge in [-0.15, -0.1) is 0 Å². The molecule has 0 amide bonds. The normalized spacial score (nSPS) is 10.4. The van der Waals surface area contributed by atoms with Crippen molar-refractivity contribution in [1.82, 2.24) is 0 Å². The van der Waals surface area contributed by atoms with Gasteiger partial charge in [0.25, 0.3) is 5.69 Å². The number of anilines is 1. The quantitative estimate of drug-likeness (QED) is 0.647. The third-order valence-corrected chi connectivity index (χ3v) is 3.38. The van der Waals surface area contributed by atoms with E-state index in [1.54, 1.807) is 19.2 Å². The van der Waals surface area contributed by atoms with Gasteiger partial charge in [-0.1, -0.05) is 41.9 Å². The predicted molar refractivity (Wildman–Crippen MR) is 82.6 cm³/mol. The minimum absolute atomic E-state index is 0.0354. The van der Waals surface area contributed by atoms with Gasteiger partial charge in [0.1, 0.15) is 5.69 Å². The zero-order valence-corrected chi connectivity index (χ0v) is 12.3. The van der Waals surface area contributed by atoms with Gasteiger partial charge in [-0.2, -0.15) is 0 Å². The molecule has 2 aromatic rings. The van der Waals surface area contributed by atoms with Crippen LogP contribution in [-0.4, -0.2) is 12.0 Å². The van der Waals surface area contributed by atoms with Crippen LogP contribution in [0, 0.1) is 10.1 Å². The number of methoxy groups -OCH3 is 1. The Bertz CT molecular complexity index is 647. The number of para-hydroxylation sites is 1. The van der Waals surface area contributed by atoms with Gasteiger partial charge in [-0.25, -0.2) is 0 Å².